The molecule has 6 nitrogen and oxygen atoms in total. The van der Waals surface area contributed by atoms with Gasteiger partial charge in [0.05, 0.1) is 27.8 Å². The highest BCUT2D eigenvalue weighted by molar-refractivity contribution is 7.15. The topological polar surface area (TPSA) is 51.2 Å². The lowest BCUT2D eigenvalue weighted by atomic mass is 10.2. The smallest absolute Gasteiger partial charge is 0.194 e. The second kappa shape index (κ2) is 6.00. The van der Waals surface area contributed by atoms with E-state index in [2.05, 4.69) is 54.6 Å². The van der Waals surface area contributed by atoms with Crippen LogP contribution in [0.5, 0.6) is 0 Å². The fourth-order valence-electron chi connectivity index (χ4n) is 3.72. The first-order chi connectivity index (χ1) is 12.6. The van der Waals surface area contributed by atoms with Crippen LogP contribution in [0.1, 0.15) is 27.8 Å². The summed E-state index contributed by atoms with van der Waals surface area (Å²) in [6.07, 6.45) is 2.12. The predicted molar refractivity (Wildman–Crippen MR) is 105 cm³/mol. The number of aromatic nitrogens is 5. The van der Waals surface area contributed by atoms with E-state index in [9.17, 15) is 0 Å². The average Bonchev–Trinajstić information content (AvgIpc) is 3.36. The average molecular weight is 385 g/mol. The van der Waals surface area contributed by atoms with E-state index >= 15 is 0 Å². The SMILES string of the molecule is Cc1nc(-c2nc(C)c3n2CCN(Cc2c(C)nc4sccn24)C3)cs1. The van der Waals surface area contributed by atoms with Gasteiger partial charge in [0.25, 0.3) is 0 Å². The summed E-state index contributed by atoms with van der Waals surface area (Å²) in [5.41, 5.74) is 5.84. The molecule has 0 unspecified atom stereocenters. The summed E-state index contributed by atoms with van der Waals surface area (Å²) in [4.78, 5) is 17.7. The molecule has 0 saturated carbocycles. The first kappa shape index (κ1) is 16.2. The molecule has 4 aromatic heterocycles. The van der Waals surface area contributed by atoms with Gasteiger partial charge in [-0.2, -0.15) is 0 Å². The van der Waals surface area contributed by atoms with E-state index in [1.54, 1.807) is 22.7 Å². The number of rotatable bonds is 3. The van der Waals surface area contributed by atoms with E-state index in [0.717, 1.165) is 59.1 Å². The highest BCUT2D eigenvalue weighted by Crippen LogP contribution is 2.28. The second-order valence-electron chi connectivity index (χ2n) is 6.78. The van der Waals surface area contributed by atoms with Crippen molar-refractivity contribution in [2.24, 2.45) is 0 Å². The van der Waals surface area contributed by atoms with Gasteiger partial charge in [0.2, 0.25) is 0 Å². The van der Waals surface area contributed by atoms with Crippen LogP contribution in [-0.2, 0) is 19.6 Å². The van der Waals surface area contributed by atoms with Gasteiger partial charge in [0.1, 0.15) is 5.69 Å². The number of hydrogen-bond acceptors (Lipinski definition) is 6. The van der Waals surface area contributed by atoms with Crippen LogP contribution in [0.15, 0.2) is 17.0 Å². The normalized spacial score (nSPS) is 15.0. The number of nitrogens with zero attached hydrogens (tertiary/aromatic N) is 6. The molecule has 4 aromatic rings. The lowest BCUT2D eigenvalue weighted by Crippen LogP contribution is -2.34. The molecule has 0 spiro atoms. The van der Waals surface area contributed by atoms with Crippen LogP contribution < -0.4 is 0 Å². The minimum absolute atomic E-state index is 0.915. The molecule has 5 heterocycles. The molecule has 5 rings (SSSR count). The summed E-state index contributed by atoms with van der Waals surface area (Å²) < 4.78 is 4.58. The van der Waals surface area contributed by atoms with Crippen LogP contribution in [0.25, 0.3) is 16.5 Å². The third-order valence-electron chi connectivity index (χ3n) is 5.07. The zero-order valence-corrected chi connectivity index (χ0v) is 16.7. The molecule has 0 aromatic carbocycles. The highest BCUT2D eigenvalue weighted by atomic mass is 32.1. The van der Waals surface area contributed by atoms with Gasteiger partial charge in [-0.3, -0.25) is 9.30 Å². The summed E-state index contributed by atoms with van der Waals surface area (Å²) in [5, 5.41) is 5.30. The van der Waals surface area contributed by atoms with E-state index in [-0.39, 0.29) is 0 Å². The van der Waals surface area contributed by atoms with Crippen molar-refractivity contribution in [3.63, 3.8) is 0 Å². The van der Waals surface area contributed by atoms with Crippen molar-refractivity contribution >= 4 is 27.6 Å². The maximum atomic E-state index is 4.83. The van der Waals surface area contributed by atoms with Crippen molar-refractivity contribution < 1.29 is 0 Å². The highest BCUT2D eigenvalue weighted by Gasteiger charge is 2.25. The molecule has 0 amide bonds. The van der Waals surface area contributed by atoms with Crippen molar-refractivity contribution in [2.75, 3.05) is 6.54 Å². The summed E-state index contributed by atoms with van der Waals surface area (Å²) in [6.45, 7) is 10.1. The molecule has 1 aliphatic heterocycles. The number of thiazole rings is 2. The Balaban J connectivity index is 1.44. The van der Waals surface area contributed by atoms with Gasteiger partial charge >= 0.3 is 0 Å². The predicted octanol–water partition coefficient (Wildman–Crippen LogP) is 3.66. The molecule has 134 valence electrons. The molecule has 0 aliphatic carbocycles. The molecule has 0 atom stereocenters. The van der Waals surface area contributed by atoms with Gasteiger partial charge < -0.3 is 4.57 Å². The first-order valence-corrected chi connectivity index (χ1v) is 10.5. The second-order valence-corrected chi connectivity index (χ2v) is 8.72. The maximum absolute atomic E-state index is 4.83. The third-order valence-corrected chi connectivity index (χ3v) is 6.60. The summed E-state index contributed by atoms with van der Waals surface area (Å²) in [6, 6.07) is 0. The van der Waals surface area contributed by atoms with Crippen molar-refractivity contribution in [1.29, 1.82) is 0 Å². The van der Waals surface area contributed by atoms with E-state index in [1.807, 2.05) is 6.92 Å². The largest absolute Gasteiger partial charge is 0.324 e. The Morgan fingerprint density at radius 1 is 1.04 bits per heavy atom. The molecular weight excluding hydrogens is 364 g/mol. The van der Waals surface area contributed by atoms with Crippen LogP contribution in [-0.4, -0.2) is 35.4 Å². The Morgan fingerprint density at radius 2 is 1.92 bits per heavy atom. The van der Waals surface area contributed by atoms with E-state index in [4.69, 9.17) is 4.98 Å². The van der Waals surface area contributed by atoms with Crippen LogP contribution in [0, 0.1) is 20.8 Å². The summed E-state index contributed by atoms with van der Waals surface area (Å²) in [7, 11) is 0. The van der Waals surface area contributed by atoms with Crippen LogP contribution in [0.4, 0.5) is 0 Å². The van der Waals surface area contributed by atoms with E-state index < -0.39 is 0 Å². The third kappa shape index (κ3) is 2.52. The number of fused-ring (bicyclic) bond motifs is 2. The van der Waals surface area contributed by atoms with Gasteiger partial charge in [-0.1, -0.05) is 0 Å². The molecule has 0 radical (unpaired) electrons. The lowest BCUT2D eigenvalue weighted by molar-refractivity contribution is 0.210. The molecular formula is C18H20N6S2. The molecule has 0 fully saturated rings. The Bertz CT molecular complexity index is 1100. The van der Waals surface area contributed by atoms with Crippen LogP contribution in [0.3, 0.4) is 0 Å². The molecule has 0 N–H and O–H groups in total. The molecule has 26 heavy (non-hydrogen) atoms. The van der Waals surface area contributed by atoms with Gasteiger partial charge in [-0.05, 0) is 20.8 Å². The van der Waals surface area contributed by atoms with Gasteiger partial charge in [-0.25, -0.2) is 15.0 Å². The lowest BCUT2D eigenvalue weighted by Gasteiger charge is -2.29. The number of aryl methyl sites for hydroxylation is 3. The Hall–Kier alpha value is -2.03. The fraction of sp³-hybridized carbons (Fsp3) is 0.389. The summed E-state index contributed by atoms with van der Waals surface area (Å²) >= 11 is 3.37. The van der Waals surface area contributed by atoms with Crippen molar-refractivity contribution in [3.8, 4) is 11.5 Å². The van der Waals surface area contributed by atoms with E-state index in [0.29, 0.717) is 0 Å². The van der Waals surface area contributed by atoms with Gasteiger partial charge in [0.15, 0.2) is 10.8 Å². The number of hydrogen-bond donors (Lipinski definition) is 0. The van der Waals surface area contributed by atoms with Gasteiger partial charge in [-0.15, -0.1) is 22.7 Å². The van der Waals surface area contributed by atoms with E-state index in [1.165, 1.54) is 11.4 Å². The minimum Gasteiger partial charge on any atom is -0.324 e. The van der Waals surface area contributed by atoms with Crippen LogP contribution >= 0.6 is 22.7 Å². The molecule has 1 aliphatic rings. The Labute approximate surface area is 159 Å². The Morgan fingerprint density at radius 3 is 2.73 bits per heavy atom. The van der Waals surface area contributed by atoms with Gasteiger partial charge in [0, 0.05) is 43.1 Å². The minimum atomic E-state index is 0.915. The van der Waals surface area contributed by atoms with Crippen LogP contribution in [0.2, 0.25) is 0 Å². The standard InChI is InChI=1S/C18H20N6S2/c1-11-15-8-22(9-16-12(2)20-18-24(16)6-7-25-18)4-5-23(15)17(19-11)14-10-26-13(3)21-14/h6-7,10H,4-5,8-9H2,1-3H3. The quantitative estimate of drug-likeness (QED) is 0.541. The fourth-order valence-corrected chi connectivity index (χ4v) is 5.09. The molecule has 0 saturated heterocycles. The zero-order valence-electron chi connectivity index (χ0n) is 15.1. The Kier molecular flexibility index (Phi) is 3.73. The van der Waals surface area contributed by atoms with Crippen molar-refractivity contribution in [2.45, 2.75) is 40.4 Å². The molecule has 0 bridgehead atoms. The van der Waals surface area contributed by atoms with Crippen molar-refractivity contribution in [1.82, 2.24) is 28.8 Å². The number of imidazole rings is 2. The molecule has 8 heteroatoms. The summed E-state index contributed by atoms with van der Waals surface area (Å²) in [5.74, 6) is 1.02. The monoisotopic (exact) mass is 384 g/mol. The zero-order chi connectivity index (χ0) is 17.8. The van der Waals surface area contributed by atoms with Crippen molar-refractivity contribution in [3.05, 3.63) is 44.7 Å². The first-order valence-electron chi connectivity index (χ1n) is 8.72. The maximum Gasteiger partial charge on any atom is 0.194 e.